The molecule has 0 spiro atoms. The third-order valence-electron chi connectivity index (χ3n) is 7.19. The third kappa shape index (κ3) is 6.52. The topological polar surface area (TPSA) is 113 Å². The van der Waals surface area contributed by atoms with E-state index in [-0.39, 0.29) is 22.6 Å². The van der Waals surface area contributed by atoms with E-state index in [0.29, 0.717) is 39.9 Å². The molecule has 0 aliphatic rings. The molecule has 0 saturated carbocycles. The summed E-state index contributed by atoms with van der Waals surface area (Å²) in [5.41, 5.74) is -0.175. The first kappa shape index (κ1) is 32.4. The number of anilines is 1. The SMILES string of the molecule is CC[C@@H](Nc1cc(F)c(C(=O)N[C@@H](Cc2ccc(-c3c(Cl)cc(C)n(C)c3=O)c3ncccc23)C(=O)O)c(F)c1)C(F)(F)F. The van der Waals surface area contributed by atoms with Crippen molar-refractivity contribution in [1.82, 2.24) is 14.9 Å². The summed E-state index contributed by atoms with van der Waals surface area (Å²) in [6.45, 7) is 2.95. The Hall–Kier alpha value is -4.52. The minimum atomic E-state index is -4.69. The van der Waals surface area contributed by atoms with Gasteiger partial charge in [-0.1, -0.05) is 36.7 Å². The van der Waals surface area contributed by atoms with Crippen molar-refractivity contribution >= 4 is 40.1 Å². The van der Waals surface area contributed by atoms with Crippen molar-refractivity contribution in [2.24, 2.45) is 7.05 Å². The summed E-state index contributed by atoms with van der Waals surface area (Å²) >= 11 is 6.43. The molecule has 0 fully saturated rings. The summed E-state index contributed by atoms with van der Waals surface area (Å²) in [5, 5.41) is 14.6. The predicted molar refractivity (Wildman–Crippen MR) is 155 cm³/mol. The number of carbonyl (C=O) groups excluding carboxylic acids is 1. The predicted octanol–water partition coefficient (Wildman–Crippen LogP) is 6.02. The minimum Gasteiger partial charge on any atom is -0.480 e. The maximum Gasteiger partial charge on any atom is 0.408 e. The molecule has 2 atom stereocenters. The zero-order chi connectivity index (χ0) is 32.5. The Labute approximate surface area is 252 Å². The molecule has 0 aliphatic carbocycles. The van der Waals surface area contributed by atoms with E-state index in [1.807, 2.05) is 5.32 Å². The van der Waals surface area contributed by atoms with Crippen LogP contribution < -0.4 is 16.2 Å². The first-order valence-electron chi connectivity index (χ1n) is 13.2. The molecule has 2 aromatic heterocycles. The van der Waals surface area contributed by atoms with Crippen LogP contribution in [0.2, 0.25) is 5.02 Å². The van der Waals surface area contributed by atoms with Crippen LogP contribution in [0.5, 0.6) is 0 Å². The van der Waals surface area contributed by atoms with Gasteiger partial charge in [-0.3, -0.25) is 14.6 Å². The Morgan fingerprint density at radius 3 is 2.36 bits per heavy atom. The van der Waals surface area contributed by atoms with Crippen molar-refractivity contribution in [3.05, 3.63) is 92.5 Å². The highest BCUT2D eigenvalue weighted by Crippen LogP contribution is 2.33. The third-order valence-corrected chi connectivity index (χ3v) is 7.49. The summed E-state index contributed by atoms with van der Waals surface area (Å²) in [6, 6.07) is 5.20. The minimum absolute atomic E-state index is 0.183. The second-order valence-corrected chi connectivity index (χ2v) is 10.5. The van der Waals surface area contributed by atoms with E-state index >= 15 is 0 Å². The second-order valence-electron chi connectivity index (χ2n) is 10.1. The summed E-state index contributed by atoms with van der Waals surface area (Å²) in [6.07, 6.45) is -3.99. The van der Waals surface area contributed by atoms with E-state index in [1.54, 1.807) is 38.2 Å². The number of alkyl halides is 3. The molecule has 4 aromatic rings. The number of hydrogen-bond donors (Lipinski definition) is 3. The fourth-order valence-corrected chi connectivity index (χ4v) is 5.12. The van der Waals surface area contributed by atoms with Gasteiger partial charge in [0, 0.05) is 42.0 Å². The molecule has 14 heteroatoms. The quantitative estimate of drug-likeness (QED) is 0.194. The molecule has 0 unspecified atom stereocenters. The number of carboxylic acids is 1. The number of carboxylic acid groups (broad SMARTS) is 1. The molecule has 2 heterocycles. The molecular formula is C30H26ClF5N4O4. The number of benzene rings is 2. The lowest BCUT2D eigenvalue weighted by Crippen LogP contribution is -2.43. The summed E-state index contributed by atoms with van der Waals surface area (Å²) in [7, 11) is 1.59. The summed E-state index contributed by atoms with van der Waals surface area (Å²) in [5.74, 6) is -5.91. The molecule has 8 nitrogen and oxygen atoms in total. The number of rotatable bonds is 9. The first-order valence-corrected chi connectivity index (χ1v) is 13.6. The molecule has 0 saturated heterocycles. The number of nitrogens with zero attached hydrogens (tertiary/aromatic N) is 2. The lowest BCUT2D eigenvalue weighted by atomic mass is 9.95. The molecule has 0 bridgehead atoms. The highest BCUT2D eigenvalue weighted by atomic mass is 35.5. The number of amides is 1. The summed E-state index contributed by atoms with van der Waals surface area (Å²) < 4.78 is 70.3. The van der Waals surface area contributed by atoms with E-state index in [2.05, 4.69) is 10.3 Å². The number of aliphatic carboxylic acids is 1. The molecule has 232 valence electrons. The van der Waals surface area contributed by atoms with E-state index in [4.69, 9.17) is 11.6 Å². The number of fused-ring (bicyclic) bond motifs is 1. The lowest BCUT2D eigenvalue weighted by molar-refractivity contribution is -0.143. The van der Waals surface area contributed by atoms with Gasteiger partial charge in [0.2, 0.25) is 0 Å². The highest BCUT2D eigenvalue weighted by molar-refractivity contribution is 6.33. The van der Waals surface area contributed by atoms with Gasteiger partial charge in [-0.05, 0) is 43.2 Å². The van der Waals surface area contributed by atoms with Crippen molar-refractivity contribution in [3.8, 4) is 11.1 Å². The van der Waals surface area contributed by atoms with Crippen molar-refractivity contribution in [2.45, 2.75) is 44.9 Å². The van der Waals surface area contributed by atoms with Crippen molar-refractivity contribution in [1.29, 1.82) is 0 Å². The number of aryl methyl sites for hydroxylation is 1. The molecular weight excluding hydrogens is 611 g/mol. The average molecular weight is 637 g/mol. The molecule has 3 N–H and O–H groups in total. The zero-order valence-corrected chi connectivity index (χ0v) is 24.3. The van der Waals surface area contributed by atoms with Gasteiger partial charge in [0.25, 0.3) is 11.5 Å². The molecule has 0 aliphatic heterocycles. The average Bonchev–Trinajstić information content (AvgIpc) is 2.94. The van der Waals surface area contributed by atoms with Crippen LogP contribution in [0, 0.1) is 18.6 Å². The van der Waals surface area contributed by atoms with Gasteiger partial charge in [0.05, 0.1) is 16.1 Å². The van der Waals surface area contributed by atoms with Crippen molar-refractivity contribution in [3.63, 3.8) is 0 Å². The molecule has 1 amide bonds. The van der Waals surface area contributed by atoms with Gasteiger partial charge in [0.15, 0.2) is 0 Å². The van der Waals surface area contributed by atoms with Crippen LogP contribution in [-0.2, 0) is 18.3 Å². The molecule has 4 rings (SSSR count). The van der Waals surface area contributed by atoms with E-state index in [9.17, 15) is 41.4 Å². The van der Waals surface area contributed by atoms with E-state index < -0.39 is 59.4 Å². The van der Waals surface area contributed by atoms with Gasteiger partial charge in [0.1, 0.15) is 29.3 Å². The molecule has 44 heavy (non-hydrogen) atoms. The number of aromatic nitrogens is 2. The van der Waals surface area contributed by atoms with Crippen LogP contribution in [0.25, 0.3) is 22.0 Å². The van der Waals surface area contributed by atoms with E-state index in [1.165, 1.54) is 23.8 Å². The largest absolute Gasteiger partial charge is 0.480 e. The fraction of sp³-hybridized carbons (Fsp3) is 0.267. The number of hydrogen-bond acceptors (Lipinski definition) is 5. The van der Waals surface area contributed by atoms with Crippen LogP contribution in [0.4, 0.5) is 27.6 Å². The fourth-order valence-electron chi connectivity index (χ4n) is 4.78. The second kappa shape index (κ2) is 12.6. The Bertz CT molecular complexity index is 1800. The van der Waals surface area contributed by atoms with Crippen LogP contribution in [0.3, 0.4) is 0 Å². The van der Waals surface area contributed by atoms with Crippen LogP contribution in [-0.4, -0.2) is 44.8 Å². The number of nitrogens with one attached hydrogen (secondary N) is 2. The van der Waals surface area contributed by atoms with Gasteiger partial charge in [-0.25, -0.2) is 13.6 Å². The van der Waals surface area contributed by atoms with Gasteiger partial charge >= 0.3 is 12.1 Å². The zero-order valence-electron chi connectivity index (χ0n) is 23.5. The van der Waals surface area contributed by atoms with Gasteiger partial charge < -0.3 is 20.3 Å². The normalized spacial score (nSPS) is 13.0. The Kier molecular flexibility index (Phi) is 9.28. The number of halogens is 6. The standard InChI is InChI=1S/C30H26ClF5N4O4/c1-4-23(30(34,35)36)38-16-12-20(32)25(21(33)13-16)27(41)39-22(29(43)44)11-15-7-8-18(26-17(15)6-5-9-37-26)24-19(31)10-14(2)40(3)28(24)42/h5-10,12-13,22-23,38H,4,11H2,1-3H3,(H,39,41)(H,43,44)/t22-,23+/m0/s1. The van der Waals surface area contributed by atoms with Crippen LogP contribution in [0.1, 0.15) is 35.0 Å². The van der Waals surface area contributed by atoms with Crippen LogP contribution in [0.15, 0.2) is 53.5 Å². The van der Waals surface area contributed by atoms with Gasteiger partial charge in [-0.2, -0.15) is 13.2 Å². The highest BCUT2D eigenvalue weighted by Gasteiger charge is 2.38. The maximum absolute atomic E-state index is 14.8. The van der Waals surface area contributed by atoms with Crippen molar-refractivity contribution < 1.29 is 36.6 Å². The number of carbonyl (C=O) groups is 2. The first-order chi connectivity index (χ1) is 20.6. The Balaban J connectivity index is 1.66. The Morgan fingerprint density at radius 2 is 1.77 bits per heavy atom. The smallest absolute Gasteiger partial charge is 0.408 e. The van der Waals surface area contributed by atoms with E-state index in [0.717, 1.165) is 0 Å². The number of pyridine rings is 2. The lowest BCUT2D eigenvalue weighted by Gasteiger charge is -2.22. The summed E-state index contributed by atoms with van der Waals surface area (Å²) in [4.78, 5) is 42.4. The molecule has 2 aromatic carbocycles. The van der Waals surface area contributed by atoms with Gasteiger partial charge in [-0.15, -0.1) is 0 Å². The Morgan fingerprint density at radius 1 is 1.11 bits per heavy atom. The van der Waals surface area contributed by atoms with Crippen molar-refractivity contribution in [2.75, 3.05) is 5.32 Å². The maximum atomic E-state index is 14.8. The molecule has 0 radical (unpaired) electrons. The monoisotopic (exact) mass is 636 g/mol. The van der Waals surface area contributed by atoms with Crippen LogP contribution >= 0.6 is 11.6 Å².